The van der Waals surface area contributed by atoms with Crippen molar-refractivity contribution < 1.29 is 29.3 Å². The first-order chi connectivity index (χ1) is 21.9. The monoisotopic (exact) mass is 748 g/mol. The lowest BCUT2D eigenvalue weighted by Gasteiger charge is -2.36. The molecule has 0 saturated carbocycles. The Morgan fingerprint density at radius 3 is 1.65 bits per heavy atom. The zero-order chi connectivity index (χ0) is 33.4. The van der Waals surface area contributed by atoms with Gasteiger partial charge in [-0.25, -0.2) is 4.79 Å². The SMILES string of the molecule is CC1(C)OC[C@H](CN2CCC(C(=O)c3ccc(Cl)cc3)CC2)N1C(=O)O.Cl.Cl.N[C@H](CO)CN1CCC(C(=O)c2ccc(Cl)cc2)CC1. The largest absolute Gasteiger partial charge is 0.465 e. The molecule has 2 atom stereocenters. The molecular weight excluding hydrogens is 702 g/mol. The molecule has 2 aromatic rings. The van der Waals surface area contributed by atoms with Crippen LogP contribution in [0, 0.1) is 11.8 Å². The molecule has 0 bridgehead atoms. The normalized spacial score (nSPS) is 20.9. The number of likely N-dealkylation sites (tertiary alicyclic amines) is 2. The van der Waals surface area contributed by atoms with Gasteiger partial charge in [-0.05, 0) is 114 Å². The van der Waals surface area contributed by atoms with Crippen LogP contribution >= 0.6 is 48.0 Å². The number of amides is 1. The molecular formula is C34H48Cl4N4O6. The minimum atomic E-state index is -0.953. The number of ketones is 2. The first-order valence-corrected chi connectivity index (χ1v) is 16.7. The number of hydrogen-bond acceptors (Lipinski definition) is 8. The summed E-state index contributed by atoms with van der Waals surface area (Å²) in [5, 5.41) is 19.7. The van der Waals surface area contributed by atoms with Gasteiger partial charge in [0.1, 0.15) is 5.72 Å². The highest BCUT2D eigenvalue weighted by Gasteiger charge is 2.44. The molecule has 268 valence electrons. The van der Waals surface area contributed by atoms with Gasteiger partial charge in [0, 0.05) is 52.1 Å². The van der Waals surface area contributed by atoms with Gasteiger partial charge in [-0.1, -0.05) is 23.2 Å². The Labute approximate surface area is 305 Å². The Morgan fingerprint density at radius 2 is 1.25 bits per heavy atom. The number of piperidine rings is 2. The van der Waals surface area contributed by atoms with E-state index in [0.29, 0.717) is 35.3 Å². The molecule has 48 heavy (non-hydrogen) atoms. The molecule has 0 aromatic heterocycles. The number of aliphatic hydroxyl groups excluding tert-OH is 1. The van der Waals surface area contributed by atoms with Crippen molar-refractivity contribution in [2.75, 3.05) is 52.5 Å². The third-order valence-electron chi connectivity index (χ3n) is 9.15. The fourth-order valence-corrected chi connectivity index (χ4v) is 6.80. The van der Waals surface area contributed by atoms with Gasteiger partial charge in [0.25, 0.3) is 0 Å². The minimum absolute atomic E-state index is 0. The zero-order valence-electron chi connectivity index (χ0n) is 27.4. The summed E-state index contributed by atoms with van der Waals surface area (Å²) in [6.07, 6.45) is 2.31. The number of carbonyl (C=O) groups excluding carboxylic acids is 2. The summed E-state index contributed by atoms with van der Waals surface area (Å²) < 4.78 is 5.65. The van der Waals surface area contributed by atoms with Gasteiger partial charge >= 0.3 is 6.09 Å². The second-order valence-corrected chi connectivity index (χ2v) is 13.8. The molecule has 14 heteroatoms. The molecule has 0 spiro atoms. The fourth-order valence-electron chi connectivity index (χ4n) is 6.55. The molecule has 0 unspecified atom stereocenters. The smallest absolute Gasteiger partial charge is 0.409 e. The van der Waals surface area contributed by atoms with Crippen molar-refractivity contribution in [1.82, 2.24) is 14.7 Å². The topological polar surface area (TPSA) is 137 Å². The molecule has 3 aliphatic rings. The molecule has 0 radical (unpaired) electrons. The van der Waals surface area contributed by atoms with E-state index >= 15 is 0 Å². The number of benzene rings is 2. The van der Waals surface area contributed by atoms with Gasteiger partial charge in [-0.15, -0.1) is 24.8 Å². The summed E-state index contributed by atoms with van der Waals surface area (Å²) in [5.74, 6) is 0.462. The molecule has 3 heterocycles. The van der Waals surface area contributed by atoms with Crippen LogP contribution in [0.25, 0.3) is 0 Å². The van der Waals surface area contributed by atoms with Crippen LogP contribution in [0.5, 0.6) is 0 Å². The van der Waals surface area contributed by atoms with Crippen LogP contribution in [0.3, 0.4) is 0 Å². The summed E-state index contributed by atoms with van der Waals surface area (Å²) in [5.41, 5.74) is 6.38. The molecule has 10 nitrogen and oxygen atoms in total. The number of hydrogen-bond donors (Lipinski definition) is 3. The molecule has 5 rings (SSSR count). The maximum Gasteiger partial charge on any atom is 0.409 e. The molecule has 0 aliphatic carbocycles. The number of nitrogens with two attached hydrogens (primary N) is 1. The van der Waals surface area contributed by atoms with Crippen molar-refractivity contribution in [1.29, 1.82) is 0 Å². The molecule has 4 N–H and O–H groups in total. The number of aliphatic hydroxyl groups is 1. The van der Waals surface area contributed by atoms with E-state index < -0.39 is 11.8 Å². The number of carboxylic acid groups (broad SMARTS) is 1. The predicted octanol–water partition coefficient (Wildman–Crippen LogP) is 5.75. The van der Waals surface area contributed by atoms with E-state index in [4.69, 9.17) is 38.8 Å². The van der Waals surface area contributed by atoms with Crippen LogP contribution in [-0.4, -0.2) is 113 Å². The van der Waals surface area contributed by atoms with E-state index in [1.807, 2.05) is 0 Å². The van der Waals surface area contributed by atoms with Gasteiger partial charge in [-0.3, -0.25) is 14.5 Å². The predicted molar refractivity (Wildman–Crippen MR) is 193 cm³/mol. The second kappa shape index (κ2) is 19.4. The van der Waals surface area contributed by atoms with E-state index in [0.717, 1.165) is 57.4 Å². The lowest BCUT2D eigenvalue weighted by Crippen LogP contribution is -2.52. The average molecular weight is 751 g/mol. The third-order valence-corrected chi connectivity index (χ3v) is 9.65. The lowest BCUT2D eigenvalue weighted by atomic mass is 9.89. The van der Waals surface area contributed by atoms with Crippen molar-refractivity contribution >= 4 is 65.7 Å². The highest BCUT2D eigenvalue weighted by molar-refractivity contribution is 6.31. The van der Waals surface area contributed by atoms with Crippen molar-refractivity contribution in [3.63, 3.8) is 0 Å². The molecule has 2 aromatic carbocycles. The molecule has 1 amide bonds. The van der Waals surface area contributed by atoms with Gasteiger partial charge in [0.15, 0.2) is 11.6 Å². The highest BCUT2D eigenvalue weighted by Crippen LogP contribution is 2.29. The van der Waals surface area contributed by atoms with E-state index in [9.17, 15) is 19.5 Å². The Bertz CT molecular complexity index is 1320. The third kappa shape index (κ3) is 11.5. The molecule has 3 saturated heterocycles. The first kappa shape index (κ1) is 42.2. The minimum Gasteiger partial charge on any atom is -0.465 e. The van der Waals surface area contributed by atoms with Crippen LogP contribution in [0.2, 0.25) is 10.0 Å². The number of carbonyl (C=O) groups is 3. The van der Waals surface area contributed by atoms with E-state index in [2.05, 4.69) is 9.80 Å². The van der Waals surface area contributed by atoms with Crippen molar-refractivity contribution in [3.8, 4) is 0 Å². The van der Waals surface area contributed by atoms with Crippen LogP contribution in [-0.2, 0) is 4.74 Å². The maximum absolute atomic E-state index is 12.6. The highest BCUT2D eigenvalue weighted by atomic mass is 35.5. The second-order valence-electron chi connectivity index (χ2n) is 12.9. The standard InChI is InChI=1S/C19H25ClN2O4.C15H21ClN2O2.2ClH/c1-19(2)22(18(24)25)16(12-26-19)11-21-9-7-14(8-10-21)17(23)13-3-5-15(20)6-4-13;16-13-3-1-11(2-4-13)15(20)12-5-7-18(8-6-12)9-14(17)10-19;;/h3-6,14,16H,7-12H2,1-2H3,(H,24,25);1-4,12,14,19H,5-10,17H2;2*1H/t16-;14-;;/m00../s1. The van der Waals surface area contributed by atoms with E-state index in [1.165, 1.54) is 4.90 Å². The Morgan fingerprint density at radius 1 is 0.833 bits per heavy atom. The van der Waals surface area contributed by atoms with Crippen molar-refractivity contribution in [2.45, 2.75) is 57.3 Å². The van der Waals surface area contributed by atoms with Crippen LogP contribution < -0.4 is 5.73 Å². The quantitative estimate of drug-likeness (QED) is 0.274. The van der Waals surface area contributed by atoms with Crippen LogP contribution in [0.15, 0.2) is 48.5 Å². The summed E-state index contributed by atoms with van der Waals surface area (Å²) in [4.78, 5) is 42.4. The number of ether oxygens (including phenoxy) is 1. The van der Waals surface area contributed by atoms with Gasteiger partial charge < -0.3 is 30.5 Å². The molecule has 3 aliphatic heterocycles. The van der Waals surface area contributed by atoms with E-state index in [-0.39, 0.29) is 66.9 Å². The summed E-state index contributed by atoms with van der Waals surface area (Å²) >= 11 is 11.7. The van der Waals surface area contributed by atoms with Crippen molar-refractivity contribution in [3.05, 3.63) is 69.7 Å². The Hall–Kier alpha value is -1.99. The zero-order valence-corrected chi connectivity index (χ0v) is 30.6. The number of rotatable bonds is 9. The number of halogens is 4. The molecule has 3 fully saturated rings. The first-order valence-electron chi connectivity index (χ1n) is 15.9. The maximum atomic E-state index is 12.6. The van der Waals surface area contributed by atoms with Gasteiger partial charge in [0.05, 0.1) is 19.3 Å². The summed E-state index contributed by atoms with van der Waals surface area (Å²) in [7, 11) is 0. The van der Waals surface area contributed by atoms with Gasteiger partial charge in [-0.2, -0.15) is 0 Å². The van der Waals surface area contributed by atoms with E-state index in [1.54, 1.807) is 62.4 Å². The van der Waals surface area contributed by atoms with Crippen LogP contribution in [0.4, 0.5) is 4.79 Å². The Balaban J connectivity index is 0.000000330. The number of Topliss-reactive ketones (excluding diaryl/α,β-unsaturated/α-hetero) is 2. The summed E-state index contributed by atoms with van der Waals surface area (Å²) in [6.45, 7) is 8.58. The fraction of sp³-hybridized carbons (Fsp3) is 0.559. The van der Waals surface area contributed by atoms with Crippen LogP contribution in [0.1, 0.15) is 60.2 Å². The lowest BCUT2D eigenvalue weighted by molar-refractivity contribution is -0.0428. The van der Waals surface area contributed by atoms with Crippen molar-refractivity contribution in [2.24, 2.45) is 17.6 Å². The number of nitrogens with zero attached hydrogens (tertiary/aromatic N) is 3. The Kier molecular flexibility index (Phi) is 17.1. The van der Waals surface area contributed by atoms with Gasteiger partial charge in [0.2, 0.25) is 0 Å². The summed E-state index contributed by atoms with van der Waals surface area (Å²) in [6, 6.07) is 13.8. The average Bonchev–Trinajstić information content (AvgIpc) is 3.35.